The molecule has 0 saturated heterocycles. The zero-order valence-corrected chi connectivity index (χ0v) is 16.5. The monoisotopic (exact) mass is 375 g/mol. The van der Waals surface area contributed by atoms with Crippen molar-refractivity contribution in [2.24, 2.45) is 4.99 Å². The molecule has 2 aromatic rings. The Labute approximate surface area is 160 Å². The van der Waals surface area contributed by atoms with E-state index in [1.54, 1.807) is 20.4 Å². The molecule has 0 aliphatic heterocycles. The lowest BCUT2D eigenvalue weighted by Gasteiger charge is -2.12. The second kappa shape index (κ2) is 11.2. The van der Waals surface area contributed by atoms with Crippen LogP contribution in [0.15, 0.2) is 27.8 Å². The van der Waals surface area contributed by atoms with E-state index in [0.29, 0.717) is 38.1 Å². The number of methoxy groups -OCH3 is 1. The quantitative estimate of drug-likeness (QED) is 0.373. The lowest BCUT2D eigenvalue weighted by molar-refractivity contribution is 0.143. The Morgan fingerprint density at radius 3 is 2.59 bits per heavy atom. The normalized spacial score (nSPS) is 11.5. The molecule has 27 heavy (non-hydrogen) atoms. The van der Waals surface area contributed by atoms with E-state index in [1.807, 2.05) is 12.1 Å². The zero-order chi connectivity index (χ0) is 19.5. The SMILES string of the molecule is CCc1noc(CC)c1CNC(=NC)NCc1ccc(OCCOC)nc1. The van der Waals surface area contributed by atoms with E-state index in [4.69, 9.17) is 14.0 Å². The molecule has 8 nitrogen and oxygen atoms in total. The third-order valence-corrected chi connectivity index (χ3v) is 4.06. The van der Waals surface area contributed by atoms with Crippen LogP contribution in [0.4, 0.5) is 0 Å². The van der Waals surface area contributed by atoms with E-state index in [-0.39, 0.29) is 0 Å². The van der Waals surface area contributed by atoms with E-state index in [0.717, 1.165) is 35.4 Å². The van der Waals surface area contributed by atoms with Crippen LogP contribution >= 0.6 is 0 Å². The maximum atomic E-state index is 5.46. The summed E-state index contributed by atoms with van der Waals surface area (Å²) >= 11 is 0. The van der Waals surface area contributed by atoms with Gasteiger partial charge in [-0.05, 0) is 12.0 Å². The summed E-state index contributed by atoms with van der Waals surface area (Å²) in [5.41, 5.74) is 3.13. The standard InChI is InChI=1S/C19H29N5O3/c1-5-16-15(17(6-2)27-24-16)13-23-19(20-3)22-12-14-7-8-18(21-11-14)26-10-9-25-4/h7-8,11H,5-6,9-10,12-13H2,1-4H3,(H2,20,22,23). The first-order chi connectivity index (χ1) is 13.2. The average molecular weight is 375 g/mol. The predicted molar refractivity (Wildman–Crippen MR) is 104 cm³/mol. The van der Waals surface area contributed by atoms with Crippen LogP contribution in [0.5, 0.6) is 5.88 Å². The maximum Gasteiger partial charge on any atom is 0.213 e. The molecule has 0 radical (unpaired) electrons. The summed E-state index contributed by atoms with van der Waals surface area (Å²) in [7, 11) is 3.39. The Hall–Kier alpha value is -2.61. The van der Waals surface area contributed by atoms with Gasteiger partial charge in [0.2, 0.25) is 5.88 Å². The Bertz CT molecular complexity index is 691. The molecule has 0 atom stereocenters. The van der Waals surface area contributed by atoms with Crippen LogP contribution in [0, 0.1) is 0 Å². The first kappa shape index (κ1) is 20.7. The number of hydrogen-bond acceptors (Lipinski definition) is 6. The van der Waals surface area contributed by atoms with Gasteiger partial charge in [0, 0.05) is 51.5 Å². The molecule has 0 amide bonds. The second-order valence-electron chi connectivity index (χ2n) is 5.86. The van der Waals surface area contributed by atoms with Gasteiger partial charge in [-0.25, -0.2) is 4.98 Å². The number of hydrogen-bond donors (Lipinski definition) is 2. The van der Waals surface area contributed by atoms with Crippen LogP contribution in [0.25, 0.3) is 0 Å². The van der Waals surface area contributed by atoms with Crippen LogP contribution in [-0.2, 0) is 30.7 Å². The van der Waals surface area contributed by atoms with E-state index in [9.17, 15) is 0 Å². The number of aliphatic imine (C=N–C) groups is 1. The summed E-state index contributed by atoms with van der Waals surface area (Å²) in [5, 5.41) is 10.7. The molecule has 0 bridgehead atoms. The molecule has 2 N–H and O–H groups in total. The lowest BCUT2D eigenvalue weighted by Crippen LogP contribution is -2.36. The van der Waals surface area contributed by atoms with E-state index in [1.165, 1.54) is 0 Å². The van der Waals surface area contributed by atoms with Crippen molar-refractivity contribution in [1.82, 2.24) is 20.8 Å². The number of ether oxygens (including phenoxy) is 2. The predicted octanol–water partition coefficient (Wildman–Crippen LogP) is 2.08. The van der Waals surface area contributed by atoms with E-state index in [2.05, 4.69) is 39.6 Å². The summed E-state index contributed by atoms with van der Waals surface area (Å²) < 4.78 is 15.8. The zero-order valence-electron chi connectivity index (χ0n) is 16.5. The minimum Gasteiger partial charge on any atom is -0.475 e. The topological polar surface area (TPSA) is 93.8 Å². The summed E-state index contributed by atoms with van der Waals surface area (Å²) in [6, 6.07) is 3.82. The van der Waals surface area contributed by atoms with Crippen molar-refractivity contribution in [3.63, 3.8) is 0 Å². The smallest absolute Gasteiger partial charge is 0.213 e. The van der Waals surface area contributed by atoms with Crippen LogP contribution in [0.1, 0.15) is 36.4 Å². The first-order valence-corrected chi connectivity index (χ1v) is 9.19. The van der Waals surface area contributed by atoms with Crippen molar-refractivity contribution in [3.05, 3.63) is 40.9 Å². The Morgan fingerprint density at radius 2 is 1.96 bits per heavy atom. The highest BCUT2D eigenvalue weighted by molar-refractivity contribution is 5.79. The van der Waals surface area contributed by atoms with Gasteiger partial charge in [-0.3, -0.25) is 4.99 Å². The van der Waals surface area contributed by atoms with Crippen LogP contribution < -0.4 is 15.4 Å². The molecule has 0 aromatic carbocycles. The van der Waals surface area contributed by atoms with E-state index >= 15 is 0 Å². The molecule has 0 spiro atoms. The van der Waals surface area contributed by atoms with Gasteiger partial charge in [-0.1, -0.05) is 25.1 Å². The fourth-order valence-electron chi connectivity index (χ4n) is 2.55. The first-order valence-electron chi connectivity index (χ1n) is 9.19. The molecular formula is C19H29N5O3. The van der Waals surface area contributed by atoms with Crippen LogP contribution in [0.2, 0.25) is 0 Å². The van der Waals surface area contributed by atoms with Crippen molar-refractivity contribution in [2.45, 2.75) is 39.8 Å². The number of rotatable bonds is 10. The molecule has 148 valence electrons. The number of pyridine rings is 1. The fraction of sp³-hybridized carbons (Fsp3) is 0.526. The summed E-state index contributed by atoms with van der Waals surface area (Å²) in [6.45, 7) is 6.39. The number of guanidine groups is 1. The molecule has 0 aliphatic carbocycles. The molecule has 2 heterocycles. The maximum absolute atomic E-state index is 5.46. The number of nitrogens with zero attached hydrogens (tertiary/aromatic N) is 3. The van der Waals surface area contributed by atoms with Crippen molar-refractivity contribution in [2.75, 3.05) is 27.4 Å². The van der Waals surface area contributed by atoms with Crippen molar-refractivity contribution in [3.8, 4) is 5.88 Å². The lowest BCUT2D eigenvalue weighted by atomic mass is 10.1. The minimum absolute atomic E-state index is 0.486. The van der Waals surface area contributed by atoms with Crippen molar-refractivity contribution < 1.29 is 14.0 Å². The molecule has 0 saturated carbocycles. The summed E-state index contributed by atoms with van der Waals surface area (Å²) in [6.07, 6.45) is 3.45. The van der Waals surface area contributed by atoms with Gasteiger partial charge < -0.3 is 24.6 Å². The highest BCUT2D eigenvalue weighted by Gasteiger charge is 2.13. The molecule has 2 rings (SSSR count). The molecule has 2 aromatic heterocycles. The van der Waals surface area contributed by atoms with Crippen molar-refractivity contribution in [1.29, 1.82) is 0 Å². The third-order valence-electron chi connectivity index (χ3n) is 4.06. The van der Waals surface area contributed by atoms with Gasteiger partial charge in [0.1, 0.15) is 12.4 Å². The largest absolute Gasteiger partial charge is 0.475 e. The molecule has 8 heteroatoms. The number of nitrogens with one attached hydrogen (secondary N) is 2. The van der Waals surface area contributed by atoms with Gasteiger partial charge in [0.05, 0.1) is 12.3 Å². The van der Waals surface area contributed by atoms with Crippen LogP contribution in [0.3, 0.4) is 0 Å². The van der Waals surface area contributed by atoms with E-state index < -0.39 is 0 Å². The highest BCUT2D eigenvalue weighted by atomic mass is 16.5. The Balaban J connectivity index is 1.84. The minimum atomic E-state index is 0.486. The van der Waals surface area contributed by atoms with Gasteiger partial charge in [-0.15, -0.1) is 0 Å². The molecule has 0 unspecified atom stereocenters. The van der Waals surface area contributed by atoms with Crippen molar-refractivity contribution >= 4 is 5.96 Å². The van der Waals surface area contributed by atoms with Gasteiger partial charge >= 0.3 is 0 Å². The van der Waals surface area contributed by atoms with Gasteiger partial charge in [-0.2, -0.15) is 0 Å². The fourth-order valence-corrected chi connectivity index (χ4v) is 2.55. The highest BCUT2D eigenvalue weighted by Crippen LogP contribution is 2.15. The third kappa shape index (κ3) is 6.25. The average Bonchev–Trinajstić information content (AvgIpc) is 3.11. The summed E-state index contributed by atoms with van der Waals surface area (Å²) in [5.74, 6) is 2.22. The molecular weight excluding hydrogens is 346 g/mol. The molecule has 0 aliphatic rings. The summed E-state index contributed by atoms with van der Waals surface area (Å²) in [4.78, 5) is 8.55. The molecule has 0 fully saturated rings. The Morgan fingerprint density at radius 1 is 1.15 bits per heavy atom. The van der Waals surface area contributed by atoms with Crippen LogP contribution in [-0.4, -0.2) is 43.5 Å². The van der Waals surface area contributed by atoms with Gasteiger partial charge in [0.15, 0.2) is 5.96 Å². The number of aromatic nitrogens is 2. The van der Waals surface area contributed by atoms with Gasteiger partial charge in [0.25, 0.3) is 0 Å². The Kier molecular flexibility index (Phi) is 8.57. The second-order valence-corrected chi connectivity index (χ2v) is 5.86. The number of aryl methyl sites for hydroxylation is 2.